The lowest BCUT2D eigenvalue weighted by molar-refractivity contribution is 0.414. The summed E-state index contributed by atoms with van der Waals surface area (Å²) in [6.45, 7) is 1.98. The first-order chi connectivity index (χ1) is 5.40. The van der Waals surface area contributed by atoms with Gasteiger partial charge in [0.1, 0.15) is 5.75 Å². The van der Waals surface area contributed by atoms with Gasteiger partial charge in [-0.1, -0.05) is 6.07 Å². The first kappa shape index (κ1) is 9.55. The molecule has 0 bridgehead atoms. The Balaban J connectivity index is 0.000000720. The highest BCUT2D eigenvalue weighted by molar-refractivity contribution is 8.93. The van der Waals surface area contributed by atoms with Crippen molar-refractivity contribution in [3.8, 4) is 5.75 Å². The number of nitrogens with one attached hydrogen (secondary N) is 1. The summed E-state index contributed by atoms with van der Waals surface area (Å²) < 4.78 is 5.11. The van der Waals surface area contributed by atoms with Crippen LogP contribution >= 0.6 is 17.0 Å². The largest absolute Gasteiger partial charge is 0.497 e. The van der Waals surface area contributed by atoms with E-state index in [9.17, 15) is 0 Å². The van der Waals surface area contributed by atoms with Gasteiger partial charge in [0.15, 0.2) is 0 Å². The number of ether oxygens (including phenoxy) is 1. The maximum absolute atomic E-state index is 5.11. The molecule has 0 atom stereocenters. The molecular weight excluding hydrogens is 218 g/mol. The van der Waals surface area contributed by atoms with E-state index in [0.717, 1.165) is 18.8 Å². The van der Waals surface area contributed by atoms with Gasteiger partial charge in [0, 0.05) is 13.1 Å². The summed E-state index contributed by atoms with van der Waals surface area (Å²) in [5.41, 5.74) is 2.76. The minimum absolute atomic E-state index is 0. The first-order valence-corrected chi connectivity index (χ1v) is 3.76. The molecule has 0 aromatic heterocycles. The van der Waals surface area contributed by atoms with E-state index in [0.29, 0.717) is 0 Å². The molecule has 2 nitrogen and oxygen atoms in total. The van der Waals surface area contributed by atoms with Crippen molar-refractivity contribution in [3.05, 3.63) is 29.3 Å². The van der Waals surface area contributed by atoms with Crippen LogP contribution in [0.15, 0.2) is 18.2 Å². The van der Waals surface area contributed by atoms with Gasteiger partial charge in [-0.2, -0.15) is 0 Å². The molecule has 0 unspecified atom stereocenters. The quantitative estimate of drug-likeness (QED) is 0.795. The third kappa shape index (κ3) is 1.62. The van der Waals surface area contributed by atoms with Crippen LogP contribution in [0.3, 0.4) is 0 Å². The van der Waals surface area contributed by atoms with Gasteiger partial charge in [0.2, 0.25) is 0 Å². The Morgan fingerprint density at radius 3 is 2.75 bits per heavy atom. The number of hydrogen-bond donors (Lipinski definition) is 1. The number of hydrogen-bond acceptors (Lipinski definition) is 2. The maximum Gasteiger partial charge on any atom is 0.119 e. The van der Waals surface area contributed by atoms with E-state index in [1.54, 1.807) is 7.11 Å². The Morgan fingerprint density at radius 1 is 1.25 bits per heavy atom. The minimum atomic E-state index is 0. The fourth-order valence-electron chi connectivity index (χ4n) is 1.40. The minimum Gasteiger partial charge on any atom is -0.497 e. The van der Waals surface area contributed by atoms with Gasteiger partial charge in [-0.05, 0) is 23.3 Å². The molecule has 1 heterocycles. The van der Waals surface area contributed by atoms with Crippen molar-refractivity contribution >= 4 is 17.0 Å². The van der Waals surface area contributed by atoms with Crippen molar-refractivity contribution in [3.63, 3.8) is 0 Å². The molecule has 0 saturated carbocycles. The van der Waals surface area contributed by atoms with Crippen LogP contribution < -0.4 is 10.1 Å². The van der Waals surface area contributed by atoms with Crippen molar-refractivity contribution in [2.45, 2.75) is 13.1 Å². The van der Waals surface area contributed by atoms with Crippen LogP contribution in [0.4, 0.5) is 0 Å². The molecule has 3 heteroatoms. The number of methoxy groups -OCH3 is 1. The molecule has 1 aromatic rings. The van der Waals surface area contributed by atoms with E-state index in [1.165, 1.54) is 11.1 Å². The van der Waals surface area contributed by atoms with Crippen LogP contribution in [0.25, 0.3) is 0 Å². The Labute approximate surface area is 82.7 Å². The predicted octanol–water partition coefficient (Wildman–Crippen LogP) is 1.88. The predicted molar refractivity (Wildman–Crippen MR) is 53.9 cm³/mol. The van der Waals surface area contributed by atoms with E-state index in [-0.39, 0.29) is 17.0 Å². The summed E-state index contributed by atoms with van der Waals surface area (Å²) in [4.78, 5) is 0. The second-order valence-electron chi connectivity index (χ2n) is 2.74. The summed E-state index contributed by atoms with van der Waals surface area (Å²) >= 11 is 0. The SMILES string of the molecule is Br.COc1ccc2c(c1)CNC2. The molecule has 0 amide bonds. The fraction of sp³-hybridized carbons (Fsp3) is 0.333. The molecule has 0 saturated heterocycles. The molecule has 1 aromatic carbocycles. The van der Waals surface area contributed by atoms with Gasteiger partial charge in [-0.25, -0.2) is 0 Å². The van der Waals surface area contributed by atoms with Crippen molar-refractivity contribution in [1.82, 2.24) is 5.32 Å². The topological polar surface area (TPSA) is 21.3 Å². The first-order valence-electron chi connectivity index (χ1n) is 3.76. The molecule has 1 N–H and O–H groups in total. The van der Waals surface area contributed by atoms with Crippen LogP contribution in [-0.4, -0.2) is 7.11 Å². The van der Waals surface area contributed by atoms with Crippen molar-refractivity contribution in [2.75, 3.05) is 7.11 Å². The molecular formula is C9H12BrNO. The zero-order valence-corrected chi connectivity index (χ0v) is 8.68. The zero-order valence-electron chi connectivity index (χ0n) is 6.96. The molecule has 2 rings (SSSR count). The standard InChI is InChI=1S/C9H11NO.BrH/c1-11-9-3-2-7-5-10-6-8(7)4-9;/h2-4,10H,5-6H2,1H3;1H. The number of fused-ring (bicyclic) bond motifs is 1. The van der Waals surface area contributed by atoms with E-state index in [1.807, 2.05) is 6.07 Å². The third-order valence-electron chi connectivity index (χ3n) is 2.04. The Kier molecular flexibility index (Phi) is 3.12. The van der Waals surface area contributed by atoms with Gasteiger partial charge < -0.3 is 10.1 Å². The average molecular weight is 230 g/mol. The van der Waals surface area contributed by atoms with Crippen LogP contribution in [0.1, 0.15) is 11.1 Å². The molecule has 0 fully saturated rings. The third-order valence-corrected chi connectivity index (χ3v) is 2.04. The van der Waals surface area contributed by atoms with Gasteiger partial charge in [0.05, 0.1) is 7.11 Å². The van der Waals surface area contributed by atoms with Gasteiger partial charge >= 0.3 is 0 Å². The molecule has 0 spiro atoms. The monoisotopic (exact) mass is 229 g/mol. The summed E-state index contributed by atoms with van der Waals surface area (Å²) in [6.07, 6.45) is 0. The number of benzene rings is 1. The molecule has 12 heavy (non-hydrogen) atoms. The zero-order chi connectivity index (χ0) is 7.68. The fourth-order valence-corrected chi connectivity index (χ4v) is 1.40. The molecule has 66 valence electrons. The second kappa shape index (κ2) is 3.92. The highest BCUT2D eigenvalue weighted by atomic mass is 79.9. The lowest BCUT2D eigenvalue weighted by Gasteiger charge is -2.01. The van der Waals surface area contributed by atoms with Crippen molar-refractivity contribution < 1.29 is 4.74 Å². The normalized spacial score (nSPS) is 13.4. The highest BCUT2D eigenvalue weighted by Gasteiger charge is 2.09. The van der Waals surface area contributed by atoms with Crippen molar-refractivity contribution in [2.24, 2.45) is 0 Å². The van der Waals surface area contributed by atoms with Gasteiger partial charge in [-0.3, -0.25) is 0 Å². The number of halogens is 1. The van der Waals surface area contributed by atoms with E-state index in [4.69, 9.17) is 4.74 Å². The van der Waals surface area contributed by atoms with Crippen LogP contribution in [0, 0.1) is 0 Å². The maximum atomic E-state index is 5.11. The second-order valence-corrected chi connectivity index (χ2v) is 2.74. The average Bonchev–Trinajstić information content (AvgIpc) is 2.50. The Bertz CT molecular complexity index is 275. The molecule has 0 radical (unpaired) electrons. The Hall–Kier alpha value is -0.540. The Morgan fingerprint density at radius 2 is 2.00 bits per heavy atom. The number of rotatable bonds is 1. The molecule has 1 aliphatic rings. The molecule has 0 aliphatic carbocycles. The van der Waals surface area contributed by atoms with Crippen molar-refractivity contribution in [1.29, 1.82) is 0 Å². The summed E-state index contributed by atoms with van der Waals surface area (Å²) in [6, 6.07) is 6.22. The van der Waals surface area contributed by atoms with Crippen LogP contribution in [0.2, 0.25) is 0 Å². The van der Waals surface area contributed by atoms with E-state index < -0.39 is 0 Å². The summed E-state index contributed by atoms with van der Waals surface area (Å²) in [7, 11) is 1.70. The van der Waals surface area contributed by atoms with E-state index >= 15 is 0 Å². The van der Waals surface area contributed by atoms with Crippen LogP contribution in [0.5, 0.6) is 5.75 Å². The van der Waals surface area contributed by atoms with Gasteiger partial charge in [-0.15, -0.1) is 17.0 Å². The van der Waals surface area contributed by atoms with Crippen LogP contribution in [-0.2, 0) is 13.1 Å². The smallest absolute Gasteiger partial charge is 0.119 e. The molecule has 1 aliphatic heterocycles. The lowest BCUT2D eigenvalue weighted by atomic mass is 10.1. The summed E-state index contributed by atoms with van der Waals surface area (Å²) in [5.74, 6) is 0.951. The summed E-state index contributed by atoms with van der Waals surface area (Å²) in [5, 5.41) is 3.28. The van der Waals surface area contributed by atoms with E-state index in [2.05, 4.69) is 17.4 Å². The van der Waals surface area contributed by atoms with Gasteiger partial charge in [0.25, 0.3) is 0 Å². The lowest BCUT2D eigenvalue weighted by Crippen LogP contribution is -1.99. The highest BCUT2D eigenvalue weighted by Crippen LogP contribution is 2.20.